The predicted octanol–water partition coefficient (Wildman–Crippen LogP) is 6.43. The highest BCUT2D eigenvalue weighted by atomic mass is 35.5. The standard InChI is InChI=1S/C23H17ClFNO/c1-16-2-7-19(8-3-16)20(14-26)12-18-6-11-23(22(24)13-18)27-15-17-4-9-21(25)10-5-17/h2-13H,15H2,1H3/b20-12+. The molecule has 4 heteroatoms. The summed E-state index contributed by atoms with van der Waals surface area (Å²) in [6.45, 7) is 2.30. The fourth-order valence-electron chi connectivity index (χ4n) is 2.55. The third kappa shape index (κ3) is 4.97. The summed E-state index contributed by atoms with van der Waals surface area (Å²) in [4.78, 5) is 0. The van der Waals surface area contributed by atoms with Crippen LogP contribution < -0.4 is 4.74 Å². The van der Waals surface area contributed by atoms with Crippen LogP contribution in [0.5, 0.6) is 5.75 Å². The third-order valence-corrected chi connectivity index (χ3v) is 4.35. The van der Waals surface area contributed by atoms with Crippen LogP contribution >= 0.6 is 11.6 Å². The molecular weight excluding hydrogens is 361 g/mol. The first-order valence-electron chi connectivity index (χ1n) is 8.41. The molecule has 0 fully saturated rings. The first kappa shape index (κ1) is 18.7. The monoisotopic (exact) mass is 377 g/mol. The topological polar surface area (TPSA) is 33.0 Å². The summed E-state index contributed by atoms with van der Waals surface area (Å²) in [6, 6.07) is 21.5. The Morgan fingerprint density at radius 2 is 1.78 bits per heavy atom. The maximum absolute atomic E-state index is 12.9. The van der Waals surface area contributed by atoms with E-state index in [4.69, 9.17) is 16.3 Å². The van der Waals surface area contributed by atoms with Gasteiger partial charge in [0.25, 0.3) is 0 Å². The minimum atomic E-state index is -0.283. The lowest BCUT2D eigenvalue weighted by Crippen LogP contribution is -1.96. The van der Waals surface area contributed by atoms with Gasteiger partial charge in [0.05, 0.1) is 16.7 Å². The van der Waals surface area contributed by atoms with Crippen LogP contribution in [0.25, 0.3) is 11.6 Å². The molecule has 0 heterocycles. The van der Waals surface area contributed by atoms with Crippen molar-refractivity contribution in [1.82, 2.24) is 0 Å². The molecule has 0 amide bonds. The van der Waals surface area contributed by atoms with Gasteiger partial charge in [-0.3, -0.25) is 0 Å². The van der Waals surface area contributed by atoms with Gasteiger partial charge in [0.2, 0.25) is 0 Å². The number of rotatable bonds is 5. The van der Waals surface area contributed by atoms with Gasteiger partial charge < -0.3 is 4.74 Å². The van der Waals surface area contributed by atoms with Gasteiger partial charge >= 0.3 is 0 Å². The summed E-state index contributed by atoms with van der Waals surface area (Å²) in [5.74, 6) is 0.252. The maximum Gasteiger partial charge on any atom is 0.138 e. The molecule has 0 aromatic heterocycles. The summed E-state index contributed by atoms with van der Waals surface area (Å²) >= 11 is 6.32. The number of nitrogens with zero attached hydrogens (tertiary/aromatic N) is 1. The van der Waals surface area contributed by atoms with Crippen molar-refractivity contribution in [3.63, 3.8) is 0 Å². The molecule has 0 unspecified atom stereocenters. The minimum Gasteiger partial charge on any atom is -0.487 e. The van der Waals surface area contributed by atoms with E-state index in [0.29, 0.717) is 23.0 Å². The number of allylic oxidation sites excluding steroid dienone is 1. The zero-order valence-corrected chi connectivity index (χ0v) is 15.5. The molecule has 27 heavy (non-hydrogen) atoms. The molecule has 134 valence electrons. The van der Waals surface area contributed by atoms with Crippen molar-refractivity contribution in [3.05, 3.63) is 99.8 Å². The Bertz CT molecular complexity index is 1000. The van der Waals surface area contributed by atoms with Crippen molar-refractivity contribution >= 4 is 23.3 Å². The molecule has 0 spiro atoms. The normalized spacial score (nSPS) is 11.1. The van der Waals surface area contributed by atoms with Gasteiger partial charge in [0.1, 0.15) is 18.2 Å². The van der Waals surface area contributed by atoms with Crippen LogP contribution in [0, 0.1) is 24.1 Å². The van der Waals surface area contributed by atoms with Gasteiger partial charge in [0.15, 0.2) is 0 Å². The van der Waals surface area contributed by atoms with Gasteiger partial charge in [-0.15, -0.1) is 0 Å². The van der Waals surface area contributed by atoms with Crippen molar-refractivity contribution in [2.75, 3.05) is 0 Å². The molecule has 3 aromatic carbocycles. The molecule has 0 aliphatic carbocycles. The summed E-state index contributed by atoms with van der Waals surface area (Å²) < 4.78 is 18.7. The van der Waals surface area contributed by atoms with Crippen LogP contribution in [0.3, 0.4) is 0 Å². The fourth-order valence-corrected chi connectivity index (χ4v) is 2.79. The van der Waals surface area contributed by atoms with Gasteiger partial charge in [-0.2, -0.15) is 5.26 Å². The van der Waals surface area contributed by atoms with Gasteiger partial charge in [0, 0.05) is 0 Å². The highest BCUT2D eigenvalue weighted by Gasteiger charge is 2.06. The van der Waals surface area contributed by atoms with E-state index in [0.717, 1.165) is 22.3 Å². The molecule has 0 N–H and O–H groups in total. The Balaban J connectivity index is 1.76. The van der Waals surface area contributed by atoms with E-state index in [1.807, 2.05) is 37.3 Å². The minimum absolute atomic E-state index is 0.283. The number of benzene rings is 3. The number of halogens is 2. The third-order valence-electron chi connectivity index (χ3n) is 4.06. The Morgan fingerprint density at radius 3 is 2.41 bits per heavy atom. The Hall–Kier alpha value is -3.09. The summed E-state index contributed by atoms with van der Waals surface area (Å²) in [6.07, 6.45) is 1.79. The van der Waals surface area contributed by atoms with Gasteiger partial charge in [-0.1, -0.05) is 59.6 Å². The molecule has 0 bridgehead atoms. The van der Waals surface area contributed by atoms with Crippen molar-refractivity contribution in [1.29, 1.82) is 5.26 Å². The predicted molar refractivity (Wildman–Crippen MR) is 107 cm³/mol. The molecule has 0 aliphatic rings. The molecule has 2 nitrogen and oxygen atoms in total. The second-order valence-electron chi connectivity index (χ2n) is 6.14. The zero-order chi connectivity index (χ0) is 19.2. The van der Waals surface area contributed by atoms with Crippen molar-refractivity contribution < 1.29 is 9.13 Å². The highest BCUT2D eigenvalue weighted by molar-refractivity contribution is 6.32. The molecule has 3 rings (SSSR count). The van der Waals surface area contributed by atoms with Crippen molar-refractivity contribution in [2.45, 2.75) is 13.5 Å². The lowest BCUT2D eigenvalue weighted by molar-refractivity contribution is 0.306. The van der Waals surface area contributed by atoms with Crippen LogP contribution in [0.1, 0.15) is 22.3 Å². The second kappa shape index (κ2) is 8.53. The van der Waals surface area contributed by atoms with Gasteiger partial charge in [-0.05, 0) is 54.0 Å². The average molecular weight is 378 g/mol. The van der Waals surface area contributed by atoms with Crippen LogP contribution in [0.15, 0.2) is 66.7 Å². The molecular formula is C23H17ClFNO. The van der Waals surface area contributed by atoms with Crippen LogP contribution in [-0.2, 0) is 6.61 Å². The van der Waals surface area contributed by atoms with E-state index in [-0.39, 0.29) is 5.82 Å². The fraction of sp³-hybridized carbons (Fsp3) is 0.0870. The lowest BCUT2D eigenvalue weighted by Gasteiger charge is -2.09. The Kier molecular flexibility index (Phi) is 5.90. The quantitative estimate of drug-likeness (QED) is 0.379. The Labute approximate surface area is 163 Å². The maximum atomic E-state index is 12.9. The molecule has 0 atom stereocenters. The average Bonchev–Trinajstić information content (AvgIpc) is 2.67. The SMILES string of the molecule is Cc1ccc(/C(C#N)=C/c2ccc(OCc3ccc(F)cc3)c(Cl)c2)cc1. The summed E-state index contributed by atoms with van der Waals surface area (Å²) in [7, 11) is 0. The molecule has 0 radical (unpaired) electrons. The number of ether oxygens (including phenoxy) is 1. The number of hydrogen-bond donors (Lipinski definition) is 0. The first-order valence-corrected chi connectivity index (χ1v) is 8.78. The van der Waals surface area contributed by atoms with E-state index in [9.17, 15) is 9.65 Å². The van der Waals surface area contributed by atoms with E-state index >= 15 is 0 Å². The van der Waals surface area contributed by atoms with Crippen LogP contribution in [0.2, 0.25) is 5.02 Å². The first-order chi connectivity index (χ1) is 13.0. The largest absolute Gasteiger partial charge is 0.487 e. The number of aryl methyl sites for hydroxylation is 1. The highest BCUT2D eigenvalue weighted by Crippen LogP contribution is 2.28. The lowest BCUT2D eigenvalue weighted by atomic mass is 10.0. The van der Waals surface area contributed by atoms with E-state index < -0.39 is 0 Å². The van der Waals surface area contributed by atoms with Crippen molar-refractivity contribution in [2.24, 2.45) is 0 Å². The van der Waals surface area contributed by atoms with Crippen LogP contribution in [-0.4, -0.2) is 0 Å². The van der Waals surface area contributed by atoms with E-state index in [1.54, 1.807) is 30.3 Å². The molecule has 0 aliphatic heterocycles. The van der Waals surface area contributed by atoms with E-state index in [2.05, 4.69) is 6.07 Å². The van der Waals surface area contributed by atoms with Crippen molar-refractivity contribution in [3.8, 4) is 11.8 Å². The molecule has 0 saturated heterocycles. The summed E-state index contributed by atoms with van der Waals surface area (Å²) in [5.41, 5.74) is 4.22. The summed E-state index contributed by atoms with van der Waals surface area (Å²) in [5, 5.41) is 9.91. The molecule has 3 aromatic rings. The smallest absolute Gasteiger partial charge is 0.138 e. The zero-order valence-electron chi connectivity index (χ0n) is 14.7. The Morgan fingerprint density at radius 1 is 1.07 bits per heavy atom. The molecule has 0 saturated carbocycles. The number of hydrogen-bond acceptors (Lipinski definition) is 2. The van der Waals surface area contributed by atoms with E-state index in [1.165, 1.54) is 12.1 Å². The second-order valence-corrected chi connectivity index (χ2v) is 6.55. The van der Waals surface area contributed by atoms with Crippen LogP contribution in [0.4, 0.5) is 4.39 Å². The van der Waals surface area contributed by atoms with Gasteiger partial charge in [-0.25, -0.2) is 4.39 Å². The number of nitriles is 1.